The van der Waals surface area contributed by atoms with Crippen molar-refractivity contribution in [3.63, 3.8) is 0 Å². The molecule has 0 radical (unpaired) electrons. The van der Waals surface area contributed by atoms with Crippen molar-refractivity contribution in [2.45, 2.75) is 67.5 Å². The van der Waals surface area contributed by atoms with Crippen molar-refractivity contribution < 1.29 is 14.4 Å². The van der Waals surface area contributed by atoms with Crippen molar-refractivity contribution in [3.8, 4) is 0 Å². The number of hydrogen-bond acceptors (Lipinski definition) is 4. The number of amides is 1. The Bertz CT molecular complexity index is 363. The molecule has 0 saturated carbocycles. The number of carbonyl (C=O) groups is 2. The number of ketones is 1. The van der Waals surface area contributed by atoms with Crippen molar-refractivity contribution in [2.24, 2.45) is 17.0 Å². The van der Waals surface area contributed by atoms with Gasteiger partial charge >= 0.3 is 6.09 Å². The molecule has 0 aromatic carbocycles. The van der Waals surface area contributed by atoms with Gasteiger partial charge < -0.3 is 4.90 Å². The molecule has 0 aromatic heterocycles. The molecule has 0 aliphatic carbocycles. The van der Waals surface area contributed by atoms with E-state index in [1.165, 1.54) is 0 Å². The van der Waals surface area contributed by atoms with Crippen LogP contribution >= 0.6 is 0 Å². The van der Waals surface area contributed by atoms with Gasteiger partial charge in [-0.1, -0.05) is 32.9 Å². The number of oxime groups is 1. The van der Waals surface area contributed by atoms with Crippen LogP contribution < -0.4 is 0 Å². The average molecular weight is 284 g/mol. The maximum absolute atomic E-state index is 12.0. The first-order chi connectivity index (χ1) is 9.09. The highest BCUT2D eigenvalue weighted by molar-refractivity contribution is 6.40. The van der Waals surface area contributed by atoms with Gasteiger partial charge in [-0.3, -0.25) is 9.63 Å². The van der Waals surface area contributed by atoms with Gasteiger partial charge in [0.15, 0.2) is 5.78 Å². The lowest BCUT2D eigenvalue weighted by Crippen LogP contribution is -2.42. The highest BCUT2D eigenvalue weighted by atomic mass is 16.7. The average Bonchev–Trinajstić information content (AvgIpc) is 2.26. The van der Waals surface area contributed by atoms with Crippen LogP contribution in [0.3, 0.4) is 0 Å². The van der Waals surface area contributed by atoms with Crippen molar-refractivity contribution >= 4 is 17.6 Å². The third kappa shape index (κ3) is 5.31. The molecule has 0 heterocycles. The van der Waals surface area contributed by atoms with E-state index >= 15 is 0 Å². The van der Waals surface area contributed by atoms with Gasteiger partial charge in [-0.2, -0.15) is 0 Å². The molecule has 0 bridgehead atoms. The Morgan fingerprint density at radius 1 is 0.850 bits per heavy atom. The standard InChI is InChI=1S/C15H28N2O3/c1-9(2)13(14(18)10(3)4)16-20-15(19)17(11(5)6)12(7)8/h9-12H,1-8H3/b16-13-. The molecule has 0 N–H and O–H groups in total. The van der Waals surface area contributed by atoms with E-state index in [4.69, 9.17) is 4.84 Å². The van der Waals surface area contributed by atoms with E-state index in [-0.39, 0.29) is 29.7 Å². The van der Waals surface area contributed by atoms with E-state index in [1.807, 2.05) is 41.5 Å². The summed E-state index contributed by atoms with van der Waals surface area (Å²) < 4.78 is 0. The van der Waals surface area contributed by atoms with Gasteiger partial charge in [0.2, 0.25) is 0 Å². The van der Waals surface area contributed by atoms with E-state index in [1.54, 1.807) is 18.7 Å². The Balaban J connectivity index is 5.04. The second-order valence-electron chi connectivity index (χ2n) is 6.10. The Labute approximate surface area is 122 Å². The lowest BCUT2D eigenvalue weighted by molar-refractivity contribution is -0.115. The van der Waals surface area contributed by atoms with Crippen LogP contribution in [-0.2, 0) is 9.63 Å². The largest absolute Gasteiger partial charge is 0.436 e. The fraction of sp³-hybridized carbons (Fsp3) is 0.800. The van der Waals surface area contributed by atoms with E-state index in [2.05, 4.69) is 5.16 Å². The zero-order chi connectivity index (χ0) is 16.0. The lowest BCUT2D eigenvalue weighted by atomic mass is 9.97. The highest BCUT2D eigenvalue weighted by Crippen LogP contribution is 2.10. The Kier molecular flexibility index (Phi) is 7.46. The molecule has 0 unspecified atom stereocenters. The third-order valence-corrected chi connectivity index (χ3v) is 2.87. The molecule has 0 aliphatic rings. The summed E-state index contributed by atoms with van der Waals surface area (Å²) in [5.74, 6) is -0.334. The van der Waals surface area contributed by atoms with Crippen LogP contribution in [0.5, 0.6) is 0 Å². The molecule has 0 aromatic rings. The molecular weight excluding hydrogens is 256 g/mol. The second-order valence-corrected chi connectivity index (χ2v) is 6.10. The first-order valence-corrected chi connectivity index (χ1v) is 7.20. The minimum Gasteiger partial charge on any atom is -0.301 e. The van der Waals surface area contributed by atoms with E-state index < -0.39 is 6.09 Å². The zero-order valence-electron chi connectivity index (χ0n) is 13.9. The fourth-order valence-electron chi connectivity index (χ4n) is 1.88. The smallest absolute Gasteiger partial charge is 0.301 e. The SMILES string of the molecule is CC(C)C(=O)/C(=N\OC(=O)N(C(C)C)C(C)C)C(C)C. The quantitative estimate of drug-likeness (QED) is 0.426. The van der Waals surface area contributed by atoms with E-state index in [0.29, 0.717) is 5.71 Å². The maximum atomic E-state index is 12.0. The van der Waals surface area contributed by atoms with Crippen LogP contribution in [0.15, 0.2) is 5.16 Å². The predicted molar refractivity (Wildman–Crippen MR) is 80.7 cm³/mol. The third-order valence-electron chi connectivity index (χ3n) is 2.87. The van der Waals surface area contributed by atoms with E-state index in [0.717, 1.165) is 0 Å². The van der Waals surface area contributed by atoms with Crippen LogP contribution in [-0.4, -0.2) is 34.6 Å². The van der Waals surface area contributed by atoms with Crippen molar-refractivity contribution in [2.75, 3.05) is 0 Å². The first-order valence-electron chi connectivity index (χ1n) is 7.20. The molecule has 5 nitrogen and oxygen atoms in total. The van der Waals surface area contributed by atoms with Crippen LogP contribution in [0.2, 0.25) is 0 Å². The number of Topliss-reactive ketones (excluding diaryl/α,β-unsaturated/α-hetero) is 1. The van der Waals surface area contributed by atoms with Gasteiger partial charge in [0.1, 0.15) is 5.71 Å². The Morgan fingerprint density at radius 3 is 1.60 bits per heavy atom. The number of rotatable bonds is 6. The summed E-state index contributed by atoms with van der Waals surface area (Å²) in [5.41, 5.74) is 0.306. The summed E-state index contributed by atoms with van der Waals surface area (Å²) in [6.07, 6.45) is -0.523. The Hall–Kier alpha value is -1.39. The van der Waals surface area contributed by atoms with Gasteiger partial charge in [0.25, 0.3) is 0 Å². The number of nitrogens with zero attached hydrogens (tertiary/aromatic N) is 2. The molecule has 0 aliphatic heterocycles. The maximum Gasteiger partial charge on any atom is 0.436 e. The lowest BCUT2D eigenvalue weighted by Gasteiger charge is -2.28. The van der Waals surface area contributed by atoms with Crippen LogP contribution in [0.25, 0.3) is 0 Å². The summed E-state index contributed by atoms with van der Waals surface area (Å²) in [4.78, 5) is 30.6. The van der Waals surface area contributed by atoms with Gasteiger partial charge in [-0.15, -0.1) is 0 Å². The van der Waals surface area contributed by atoms with E-state index in [9.17, 15) is 9.59 Å². The highest BCUT2D eigenvalue weighted by Gasteiger charge is 2.24. The first kappa shape index (κ1) is 18.6. The molecule has 0 rings (SSSR count). The second kappa shape index (κ2) is 8.02. The van der Waals surface area contributed by atoms with Crippen molar-refractivity contribution in [1.29, 1.82) is 0 Å². The van der Waals surface area contributed by atoms with Crippen molar-refractivity contribution in [3.05, 3.63) is 0 Å². The van der Waals surface area contributed by atoms with Gasteiger partial charge in [0, 0.05) is 23.9 Å². The fourth-order valence-corrected chi connectivity index (χ4v) is 1.88. The summed E-state index contributed by atoms with van der Waals surface area (Å²) in [6.45, 7) is 15.0. The topological polar surface area (TPSA) is 59.0 Å². The summed E-state index contributed by atoms with van der Waals surface area (Å²) >= 11 is 0. The molecule has 0 atom stereocenters. The molecule has 20 heavy (non-hydrogen) atoms. The monoisotopic (exact) mass is 284 g/mol. The van der Waals surface area contributed by atoms with Crippen LogP contribution in [0.1, 0.15) is 55.4 Å². The minimum atomic E-state index is -0.523. The van der Waals surface area contributed by atoms with Gasteiger partial charge in [-0.05, 0) is 27.7 Å². The van der Waals surface area contributed by atoms with Crippen molar-refractivity contribution in [1.82, 2.24) is 4.90 Å². The van der Waals surface area contributed by atoms with Crippen LogP contribution in [0, 0.1) is 11.8 Å². The molecule has 5 heteroatoms. The zero-order valence-corrected chi connectivity index (χ0v) is 13.9. The Morgan fingerprint density at radius 2 is 1.30 bits per heavy atom. The summed E-state index contributed by atoms with van der Waals surface area (Å²) in [7, 11) is 0. The number of carbonyl (C=O) groups excluding carboxylic acids is 2. The molecule has 0 saturated heterocycles. The van der Waals surface area contributed by atoms with Gasteiger partial charge in [-0.25, -0.2) is 4.79 Å². The molecule has 1 amide bonds. The molecule has 116 valence electrons. The number of hydrogen-bond donors (Lipinski definition) is 0. The summed E-state index contributed by atoms with van der Waals surface area (Å²) in [5, 5.41) is 3.81. The minimum absolute atomic E-state index is 0.0148. The molecule has 0 fully saturated rings. The predicted octanol–water partition coefficient (Wildman–Crippen LogP) is 3.48. The van der Waals surface area contributed by atoms with Crippen LogP contribution in [0.4, 0.5) is 4.79 Å². The normalized spacial score (nSPS) is 12.5. The van der Waals surface area contributed by atoms with Gasteiger partial charge in [0.05, 0.1) is 0 Å². The molecule has 0 spiro atoms. The molecular formula is C15H28N2O3. The summed E-state index contributed by atoms with van der Waals surface area (Å²) in [6, 6.07) is 0.0296.